The van der Waals surface area contributed by atoms with Gasteiger partial charge in [0.05, 0.1) is 0 Å². The van der Waals surface area contributed by atoms with Crippen molar-refractivity contribution >= 4 is 23.2 Å². The van der Waals surface area contributed by atoms with E-state index in [1.807, 2.05) is 24.3 Å². The Balaban J connectivity index is 1.64. The fourth-order valence-electron chi connectivity index (χ4n) is 2.99. The molecule has 0 spiro atoms. The largest absolute Gasteiger partial charge is 0.326 e. The maximum Gasteiger partial charge on any atom is 0.227 e. The molecular weight excluding hydrogens is 264 g/mol. The molecule has 0 saturated carbocycles. The van der Waals surface area contributed by atoms with Gasteiger partial charge in [-0.3, -0.25) is 9.59 Å². The number of benzene rings is 1. The van der Waals surface area contributed by atoms with Gasteiger partial charge in [0.15, 0.2) is 0 Å². The van der Waals surface area contributed by atoms with Crippen LogP contribution in [0.4, 0.5) is 11.4 Å². The van der Waals surface area contributed by atoms with E-state index >= 15 is 0 Å². The first-order valence-electron chi connectivity index (χ1n) is 7.59. The fourth-order valence-corrected chi connectivity index (χ4v) is 2.99. The van der Waals surface area contributed by atoms with Crippen LogP contribution in [0.3, 0.4) is 0 Å². The number of hydrogen-bond acceptors (Lipinski definition) is 2. The Morgan fingerprint density at radius 2 is 2.29 bits per heavy atom. The number of hydrogen-bond donors (Lipinski definition) is 1. The van der Waals surface area contributed by atoms with Crippen molar-refractivity contribution in [3.05, 3.63) is 36.4 Å². The van der Waals surface area contributed by atoms with E-state index in [0.29, 0.717) is 18.8 Å². The van der Waals surface area contributed by atoms with Crippen LogP contribution in [0.25, 0.3) is 0 Å². The Hall–Kier alpha value is -2.10. The zero-order valence-electron chi connectivity index (χ0n) is 12.0. The standard InChI is InChI=1S/C17H20N2O2/c20-16(11-13-5-1-2-6-13)18-14-7-3-8-15(12-14)19-10-4-9-17(19)21/h1,3,5,7-8,12-13H,2,4,6,9-11H2,(H,18,20)/t13-/m0/s1. The quantitative estimate of drug-likeness (QED) is 0.864. The molecule has 1 heterocycles. The molecular formula is C17H20N2O2. The lowest BCUT2D eigenvalue weighted by molar-refractivity contribution is -0.117. The van der Waals surface area contributed by atoms with Gasteiger partial charge in [0.25, 0.3) is 0 Å². The molecule has 4 nitrogen and oxygen atoms in total. The van der Waals surface area contributed by atoms with Crippen molar-refractivity contribution < 1.29 is 9.59 Å². The minimum Gasteiger partial charge on any atom is -0.326 e. The van der Waals surface area contributed by atoms with E-state index in [0.717, 1.165) is 37.2 Å². The summed E-state index contributed by atoms with van der Waals surface area (Å²) < 4.78 is 0. The third-order valence-corrected chi connectivity index (χ3v) is 4.07. The maximum atomic E-state index is 12.0. The summed E-state index contributed by atoms with van der Waals surface area (Å²) in [6.07, 6.45) is 8.45. The van der Waals surface area contributed by atoms with Crippen molar-refractivity contribution in [1.82, 2.24) is 0 Å². The van der Waals surface area contributed by atoms with Crippen molar-refractivity contribution in [2.75, 3.05) is 16.8 Å². The topological polar surface area (TPSA) is 49.4 Å². The van der Waals surface area contributed by atoms with Crippen molar-refractivity contribution in [3.8, 4) is 0 Å². The molecule has 1 aromatic rings. The van der Waals surface area contributed by atoms with Crippen molar-refractivity contribution in [2.24, 2.45) is 5.92 Å². The van der Waals surface area contributed by atoms with Gasteiger partial charge in [0, 0.05) is 30.8 Å². The molecule has 1 fully saturated rings. The highest BCUT2D eigenvalue weighted by Crippen LogP contribution is 2.25. The van der Waals surface area contributed by atoms with Crippen LogP contribution < -0.4 is 10.2 Å². The summed E-state index contributed by atoms with van der Waals surface area (Å²) in [5.41, 5.74) is 1.63. The molecule has 110 valence electrons. The van der Waals surface area contributed by atoms with Gasteiger partial charge in [-0.2, -0.15) is 0 Å². The third kappa shape index (κ3) is 3.32. The van der Waals surface area contributed by atoms with Crippen LogP contribution >= 0.6 is 0 Å². The Morgan fingerprint density at radius 1 is 1.38 bits per heavy atom. The number of anilines is 2. The normalized spacial score (nSPS) is 21.0. The summed E-state index contributed by atoms with van der Waals surface area (Å²) in [6, 6.07) is 7.54. The van der Waals surface area contributed by atoms with Crippen LogP contribution in [0.15, 0.2) is 36.4 Å². The van der Waals surface area contributed by atoms with Gasteiger partial charge in [-0.15, -0.1) is 0 Å². The molecule has 3 rings (SSSR count). The van der Waals surface area contributed by atoms with Crippen LogP contribution in [0.1, 0.15) is 32.1 Å². The number of amides is 2. The Bertz CT molecular complexity index is 580. The average Bonchev–Trinajstić information content (AvgIpc) is 3.10. The first-order valence-corrected chi connectivity index (χ1v) is 7.59. The molecule has 1 atom stereocenters. The van der Waals surface area contributed by atoms with Gasteiger partial charge in [-0.1, -0.05) is 18.2 Å². The second kappa shape index (κ2) is 6.12. The number of nitrogens with one attached hydrogen (secondary N) is 1. The van der Waals surface area contributed by atoms with Crippen LogP contribution in [0.5, 0.6) is 0 Å². The summed E-state index contributed by atoms with van der Waals surface area (Å²) in [6.45, 7) is 0.767. The lowest BCUT2D eigenvalue weighted by Gasteiger charge is -2.17. The van der Waals surface area contributed by atoms with Gasteiger partial charge < -0.3 is 10.2 Å². The molecule has 1 aliphatic carbocycles. The van der Waals surface area contributed by atoms with Crippen LogP contribution in [-0.2, 0) is 9.59 Å². The summed E-state index contributed by atoms with van der Waals surface area (Å²) in [7, 11) is 0. The molecule has 1 aromatic carbocycles. The van der Waals surface area contributed by atoms with Gasteiger partial charge in [0.1, 0.15) is 0 Å². The van der Waals surface area contributed by atoms with Crippen LogP contribution in [-0.4, -0.2) is 18.4 Å². The van der Waals surface area contributed by atoms with E-state index in [-0.39, 0.29) is 11.8 Å². The maximum absolute atomic E-state index is 12.0. The average molecular weight is 284 g/mol. The third-order valence-electron chi connectivity index (χ3n) is 4.07. The Labute approximate surface area is 124 Å². The molecule has 0 bridgehead atoms. The first kappa shape index (κ1) is 13.9. The monoisotopic (exact) mass is 284 g/mol. The number of nitrogens with zero attached hydrogens (tertiary/aromatic N) is 1. The highest BCUT2D eigenvalue weighted by molar-refractivity contribution is 5.97. The number of carbonyl (C=O) groups is 2. The van der Waals surface area contributed by atoms with Gasteiger partial charge in [0.2, 0.25) is 11.8 Å². The first-order chi connectivity index (χ1) is 10.2. The summed E-state index contributed by atoms with van der Waals surface area (Å²) in [4.78, 5) is 25.6. The second-order valence-corrected chi connectivity index (χ2v) is 5.72. The van der Waals surface area contributed by atoms with Crippen molar-refractivity contribution in [2.45, 2.75) is 32.1 Å². The summed E-state index contributed by atoms with van der Waals surface area (Å²) in [5.74, 6) is 0.569. The molecule has 1 N–H and O–H groups in total. The molecule has 0 unspecified atom stereocenters. The zero-order chi connectivity index (χ0) is 14.7. The zero-order valence-corrected chi connectivity index (χ0v) is 12.0. The SMILES string of the molecule is O=C(C[C@H]1C=CCC1)Nc1cccc(N2CCCC2=O)c1. The molecule has 2 aliphatic rings. The van der Waals surface area contributed by atoms with E-state index in [9.17, 15) is 9.59 Å². The van der Waals surface area contributed by atoms with Crippen molar-refractivity contribution in [1.29, 1.82) is 0 Å². The van der Waals surface area contributed by atoms with Crippen LogP contribution in [0, 0.1) is 5.92 Å². The number of rotatable bonds is 4. The minimum atomic E-state index is 0.0384. The minimum absolute atomic E-state index is 0.0384. The van der Waals surface area contributed by atoms with E-state index < -0.39 is 0 Å². The second-order valence-electron chi connectivity index (χ2n) is 5.72. The van der Waals surface area contributed by atoms with Crippen LogP contribution in [0.2, 0.25) is 0 Å². The predicted molar refractivity (Wildman–Crippen MR) is 83.1 cm³/mol. The number of carbonyl (C=O) groups excluding carboxylic acids is 2. The lowest BCUT2D eigenvalue weighted by atomic mass is 10.1. The lowest BCUT2D eigenvalue weighted by Crippen LogP contribution is -2.23. The molecule has 1 saturated heterocycles. The van der Waals surface area contributed by atoms with Gasteiger partial charge in [-0.05, 0) is 43.4 Å². The van der Waals surface area contributed by atoms with E-state index in [1.54, 1.807) is 4.90 Å². The number of allylic oxidation sites excluding steroid dienone is 2. The molecule has 0 aromatic heterocycles. The molecule has 0 radical (unpaired) electrons. The summed E-state index contributed by atoms with van der Waals surface area (Å²) in [5, 5.41) is 2.94. The van der Waals surface area contributed by atoms with Crippen molar-refractivity contribution in [3.63, 3.8) is 0 Å². The molecule has 4 heteroatoms. The predicted octanol–water partition coefficient (Wildman–Crippen LogP) is 3.11. The molecule has 2 amide bonds. The summed E-state index contributed by atoms with van der Waals surface area (Å²) >= 11 is 0. The highest BCUT2D eigenvalue weighted by atomic mass is 16.2. The van der Waals surface area contributed by atoms with Gasteiger partial charge >= 0.3 is 0 Å². The van der Waals surface area contributed by atoms with Gasteiger partial charge in [-0.25, -0.2) is 0 Å². The Kier molecular flexibility index (Phi) is 4.04. The fraction of sp³-hybridized carbons (Fsp3) is 0.412. The smallest absolute Gasteiger partial charge is 0.227 e. The highest BCUT2D eigenvalue weighted by Gasteiger charge is 2.22. The molecule has 1 aliphatic heterocycles. The van der Waals surface area contributed by atoms with E-state index in [4.69, 9.17) is 0 Å². The van der Waals surface area contributed by atoms with E-state index in [2.05, 4.69) is 17.5 Å². The van der Waals surface area contributed by atoms with E-state index in [1.165, 1.54) is 0 Å². The Morgan fingerprint density at radius 3 is 3.00 bits per heavy atom. The molecule has 21 heavy (non-hydrogen) atoms.